The van der Waals surface area contributed by atoms with E-state index in [1.807, 2.05) is 6.07 Å². The van der Waals surface area contributed by atoms with E-state index in [0.29, 0.717) is 19.6 Å². The van der Waals surface area contributed by atoms with Gasteiger partial charge in [-0.3, -0.25) is 14.5 Å². The number of carbonyl (C=O) groups is 2. The number of likely N-dealkylation sites (tertiary alicyclic amines) is 1. The van der Waals surface area contributed by atoms with Crippen LogP contribution in [0.3, 0.4) is 0 Å². The summed E-state index contributed by atoms with van der Waals surface area (Å²) in [7, 11) is 0. The SMILES string of the molecule is O=C1CN(C(=O)CN2CCC[C@@H]2Cc2cccc(F)c2)CCN1. The first-order chi connectivity index (χ1) is 11.1. The third kappa shape index (κ3) is 4.07. The molecule has 2 amide bonds. The van der Waals surface area contributed by atoms with Crippen molar-refractivity contribution in [1.82, 2.24) is 15.1 Å². The Hall–Kier alpha value is -1.95. The molecule has 2 saturated heterocycles. The van der Waals surface area contributed by atoms with Crippen molar-refractivity contribution in [1.29, 1.82) is 0 Å². The van der Waals surface area contributed by atoms with Crippen LogP contribution in [0.15, 0.2) is 24.3 Å². The zero-order valence-corrected chi connectivity index (χ0v) is 13.1. The molecule has 6 heteroatoms. The molecule has 1 atom stereocenters. The van der Waals surface area contributed by atoms with Crippen LogP contribution in [0.5, 0.6) is 0 Å². The molecule has 0 radical (unpaired) electrons. The van der Waals surface area contributed by atoms with Gasteiger partial charge in [0.25, 0.3) is 0 Å². The van der Waals surface area contributed by atoms with E-state index in [9.17, 15) is 14.0 Å². The molecule has 23 heavy (non-hydrogen) atoms. The first kappa shape index (κ1) is 15.9. The van der Waals surface area contributed by atoms with Crippen LogP contribution in [0, 0.1) is 5.82 Å². The van der Waals surface area contributed by atoms with E-state index in [1.165, 1.54) is 6.07 Å². The largest absolute Gasteiger partial charge is 0.353 e. The van der Waals surface area contributed by atoms with E-state index in [1.54, 1.807) is 17.0 Å². The second-order valence-corrected chi connectivity index (χ2v) is 6.27. The molecule has 0 saturated carbocycles. The van der Waals surface area contributed by atoms with Crippen LogP contribution in [-0.4, -0.2) is 60.4 Å². The number of benzene rings is 1. The molecule has 0 unspecified atom stereocenters. The highest BCUT2D eigenvalue weighted by Gasteiger charge is 2.29. The van der Waals surface area contributed by atoms with E-state index < -0.39 is 0 Å². The van der Waals surface area contributed by atoms with Crippen LogP contribution in [0.25, 0.3) is 0 Å². The van der Waals surface area contributed by atoms with Crippen molar-refractivity contribution in [2.75, 3.05) is 32.7 Å². The monoisotopic (exact) mass is 319 g/mol. The van der Waals surface area contributed by atoms with Crippen LogP contribution in [-0.2, 0) is 16.0 Å². The van der Waals surface area contributed by atoms with Gasteiger partial charge in [-0.05, 0) is 43.5 Å². The molecule has 0 aliphatic carbocycles. The molecule has 0 bridgehead atoms. The maximum atomic E-state index is 13.3. The van der Waals surface area contributed by atoms with Gasteiger partial charge in [0, 0.05) is 19.1 Å². The van der Waals surface area contributed by atoms with Crippen LogP contribution in [0.1, 0.15) is 18.4 Å². The summed E-state index contributed by atoms with van der Waals surface area (Å²) >= 11 is 0. The van der Waals surface area contributed by atoms with Gasteiger partial charge in [-0.1, -0.05) is 12.1 Å². The van der Waals surface area contributed by atoms with E-state index in [4.69, 9.17) is 0 Å². The Morgan fingerprint density at radius 1 is 1.35 bits per heavy atom. The molecule has 1 aromatic carbocycles. The van der Waals surface area contributed by atoms with Gasteiger partial charge in [-0.2, -0.15) is 0 Å². The van der Waals surface area contributed by atoms with Crippen molar-refractivity contribution in [2.45, 2.75) is 25.3 Å². The highest BCUT2D eigenvalue weighted by atomic mass is 19.1. The molecule has 2 heterocycles. The van der Waals surface area contributed by atoms with E-state index in [2.05, 4.69) is 10.2 Å². The first-order valence-electron chi connectivity index (χ1n) is 8.15. The number of carbonyl (C=O) groups excluding carboxylic acids is 2. The van der Waals surface area contributed by atoms with Crippen molar-refractivity contribution in [3.8, 4) is 0 Å². The lowest BCUT2D eigenvalue weighted by atomic mass is 10.0. The van der Waals surface area contributed by atoms with Crippen molar-refractivity contribution in [2.24, 2.45) is 0 Å². The summed E-state index contributed by atoms with van der Waals surface area (Å²) in [5.41, 5.74) is 0.965. The Kier molecular flexibility index (Phi) is 4.91. The minimum absolute atomic E-state index is 0.00555. The Bertz CT molecular complexity index is 593. The summed E-state index contributed by atoms with van der Waals surface area (Å²) in [6, 6.07) is 6.92. The lowest BCUT2D eigenvalue weighted by molar-refractivity contribution is -0.139. The van der Waals surface area contributed by atoms with Crippen LogP contribution in [0.4, 0.5) is 4.39 Å². The summed E-state index contributed by atoms with van der Waals surface area (Å²) in [4.78, 5) is 27.6. The molecule has 2 fully saturated rings. The summed E-state index contributed by atoms with van der Waals surface area (Å²) in [6.45, 7) is 2.48. The number of piperazine rings is 1. The fourth-order valence-corrected chi connectivity index (χ4v) is 3.40. The molecular weight excluding hydrogens is 297 g/mol. The summed E-state index contributed by atoms with van der Waals surface area (Å²) in [5, 5.41) is 2.73. The molecule has 2 aliphatic rings. The van der Waals surface area contributed by atoms with Crippen molar-refractivity contribution in [3.05, 3.63) is 35.6 Å². The van der Waals surface area contributed by atoms with Gasteiger partial charge in [0.1, 0.15) is 5.82 Å². The van der Waals surface area contributed by atoms with E-state index in [0.717, 1.165) is 31.4 Å². The van der Waals surface area contributed by atoms with Gasteiger partial charge < -0.3 is 10.2 Å². The molecular formula is C17H22FN3O2. The van der Waals surface area contributed by atoms with Crippen LogP contribution < -0.4 is 5.32 Å². The average Bonchev–Trinajstić information content (AvgIpc) is 2.94. The third-order valence-corrected chi connectivity index (χ3v) is 4.59. The minimum Gasteiger partial charge on any atom is -0.353 e. The van der Waals surface area contributed by atoms with Crippen molar-refractivity contribution < 1.29 is 14.0 Å². The lowest BCUT2D eigenvalue weighted by Crippen LogP contribution is -2.52. The van der Waals surface area contributed by atoms with Gasteiger partial charge in [-0.15, -0.1) is 0 Å². The van der Waals surface area contributed by atoms with Gasteiger partial charge in [0.2, 0.25) is 11.8 Å². The highest BCUT2D eigenvalue weighted by Crippen LogP contribution is 2.21. The number of hydrogen-bond acceptors (Lipinski definition) is 3. The topological polar surface area (TPSA) is 52.7 Å². The number of amides is 2. The predicted octanol–water partition coefficient (Wildman–Crippen LogP) is 0.791. The Morgan fingerprint density at radius 2 is 2.22 bits per heavy atom. The average molecular weight is 319 g/mol. The zero-order valence-electron chi connectivity index (χ0n) is 13.1. The predicted molar refractivity (Wildman–Crippen MR) is 84.3 cm³/mol. The molecule has 0 spiro atoms. The summed E-state index contributed by atoms with van der Waals surface area (Å²) < 4.78 is 13.3. The number of nitrogens with one attached hydrogen (secondary N) is 1. The normalized spacial score (nSPS) is 22.2. The first-order valence-corrected chi connectivity index (χ1v) is 8.15. The fraction of sp³-hybridized carbons (Fsp3) is 0.529. The van der Waals surface area contributed by atoms with E-state index in [-0.39, 0.29) is 30.2 Å². The number of rotatable bonds is 4. The number of hydrogen-bond donors (Lipinski definition) is 1. The maximum Gasteiger partial charge on any atom is 0.239 e. The van der Waals surface area contributed by atoms with Crippen molar-refractivity contribution >= 4 is 11.8 Å². The minimum atomic E-state index is -0.220. The van der Waals surface area contributed by atoms with Gasteiger partial charge in [-0.25, -0.2) is 4.39 Å². The summed E-state index contributed by atoms with van der Waals surface area (Å²) in [5.74, 6) is -0.309. The Labute approximate surface area is 135 Å². The molecule has 1 aromatic rings. The molecule has 124 valence electrons. The lowest BCUT2D eigenvalue weighted by Gasteiger charge is -2.30. The fourth-order valence-electron chi connectivity index (χ4n) is 3.40. The number of halogens is 1. The molecule has 2 aliphatic heterocycles. The quantitative estimate of drug-likeness (QED) is 0.893. The van der Waals surface area contributed by atoms with E-state index >= 15 is 0 Å². The molecule has 0 aromatic heterocycles. The summed E-state index contributed by atoms with van der Waals surface area (Å²) in [6.07, 6.45) is 2.82. The van der Waals surface area contributed by atoms with Crippen LogP contribution >= 0.6 is 0 Å². The van der Waals surface area contributed by atoms with Gasteiger partial charge in [0.15, 0.2) is 0 Å². The zero-order chi connectivity index (χ0) is 16.2. The number of nitrogens with zero attached hydrogens (tertiary/aromatic N) is 2. The maximum absolute atomic E-state index is 13.3. The van der Waals surface area contributed by atoms with Crippen molar-refractivity contribution in [3.63, 3.8) is 0 Å². The standard InChI is InChI=1S/C17H22FN3O2/c18-14-4-1-3-13(9-14)10-15-5-2-7-20(15)12-17(23)21-8-6-19-16(22)11-21/h1,3-4,9,15H,2,5-8,10-12H2,(H,19,22)/t15-/m1/s1. The molecule has 3 rings (SSSR count). The Balaban J connectivity index is 1.58. The second-order valence-electron chi connectivity index (χ2n) is 6.27. The second kappa shape index (κ2) is 7.08. The van der Waals surface area contributed by atoms with Gasteiger partial charge in [0.05, 0.1) is 13.1 Å². The molecule has 1 N–H and O–H groups in total. The highest BCUT2D eigenvalue weighted by molar-refractivity contribution is 5.86. The molecule has 5 nitrogen and oxygen atoms in total. The van der Waals surface area contributed by atoms with Gasteiger partial charge >= 0.3 is 0 Å². The third-order valence-electron chi connectivity index (χ3n) is 4.59. The van der Waals surface area contributed by atoms with Crippen LogP contribution in [0.2, 0.25) is 0 Å². The smallest absolute Gasteiger partial charge is 0.239 e. The Morgan fingerprint density at radius 3 is 3.00 bits per heavy atom.